The quantitative estimate of drug-likeness (QED) is 0.618. The molecule has 3 aromatic carbocycles. The maximum Gasteiger partial charge on any atom is 0.143 e. The summed E-state index contributed by atoms with van der Waals surface area (Å²) in [7, 11) is 0. The van der Waals surface area contributed by atoms with Crippen molar-refractivity contribution >= 4 is 17.1 Å². The largest absolute Gasteiger partial charge is 0.506 e. The van der Waals surface area contributed by atoms with Gasteiger partial charge in [-0.05, 0) is 29.8 Å². The Labute approximate surface area is 135 Å². The third kappa shape index (κ3) is 3.95. The zero-order chi connectivity index (χ0) is 15.9. The van der Waals surface area contributed by atoms with Gasteiger partial charge in [0.25, 0.3) is 0 Å². The Hall–Kier alpha value is -3.14. The van der Waals surface area contributed by atoms with Crippen molar-refractivity contribution in [2.24, 2.45) is 10.2 Å². The van der Waals surface area contributed by atoms with Gasteiger partial charge in [-0.15, -0.1) is 10.2 Å². The summed E-state index contributed by atoms with van der Waals surface area (Å²) in [5.41, 5.74) is 3.27. The molecule has 0 aromatic heterocycles. The van der Waals surface area contributed by atoms with Crippen LogP contribution in [0.15, 0.2) is 89.1 Å². The van der Waals surface area contributed by atoms with Gasteiger partial charge in [-0.25, -0.2) is 0 Å². The van der Waals surface area contributed by atoms with E-state index in [9.17, 15) is 5.11 Å². The summed E-state index contributed by atoms with van der Waals surface area (Å²) < 4.78 is 0. The molecule has 0 aliphatic rings. The van der Waals surface area contributed by atoms with E-state index in [4.69, 9.17) is 0 Å². The lowest BCUT2D eigenvalue weighted by molar-refractivity contribution is 0.476. The topological polar surface area (TPSA) is 57.0 Å². The van der Waals surface area contributed by atoms with Gasteiger partial charge in [0.15, 0.2) is 0 Å². The van der Waals surface area contributed by atoms with Crippen molar-refractivity contribution in [2.75, 3.05) is 5.32 Å². The fourth-order valence-corrected chi connectivity index (χ4v) is 2.16. The van der Waals surface area contributed by atoms with Crippen molar-refractivity contribution in [3.05, 3.63) is 84.4 Å². The average Bonchev–Trinajstić information content (AvgIpc) is 2.61. The molecular weight excluding hydrogens is 286 g/mol. The lowest BCUT2D eigenvalue weighted by atomic mass is 10.2. The predicted molar refractivity (Wildman–Crippen MR) is 92.5 cm³/mol. The second-order valence-corrected chi connectivity index (χ2v) is 5.05. The van der Waals surface area contributed by atoms with Crippen LogP contribution in [0.3, 0.4) is 0 Å². The fourth-order valence-electron chi connectivity index (χ4n) is 2.16. The van der Waals surface area contributed by atoms with E-state index < -0.39 is 0 Å². The van der Waals surface area contributed by atoms with Gasteiger partial charge in [0.2, 0.25) is 0 Å². The molecule has 0 heterocycles. The molecule has 0 aliphatic carbocycles. The molecule has 0 radical (unpaired) electrons. The molecule has 2 N–H and O–H groups in total. The Bertz CT molecular complexity index is 800. The van der Waals surface area contributed by atoms with Gasteiger partial charge in [0.1, 0.15) is 17.1 Å². The molecule has 0 saturated carbocycles. The van der Waals surface area contributed by atoms with Gasteiger partial charge in [-0.1, -0.05) is 54.6 Å². The summed E-state index contributed by atoms with van der Waals surface area (Å²) in [4.78, 5) is 0. The van der Waals surface area contributed by atoms with E-state index in [2.05, 4.69) is 27.7 Å². The van der Waals surface area contributed by atoms with Crippen molar-refractivity contribution in [3.8, 4) is 5.75 Å². The first-order valence-electron chi connectivity index (χ1n) is 7.39. The van der Waals surface area contributed by atoms with E-state index in [1.807, 2.05) is 48.5 Å². The van der Waals surface area contributed by atoms with Gasteiger partial charge in [-0.3, -0.25) is 0 Å². The third-order valence-corrected chi connectivity index (χ3v) is 3.38. The molecule has 0 spiro atoms. The predicted octanol–water partition coefficient (Wildman–Crippen LogP) is 5.42. The molecule has 4 heteroatoms. The standard InChI is InChI=1S/C19H17N3O/c23-19-13-7-6-12-18(19)22-21-17-11-5-4-10-16(17)20-14-15-8-2-1-3-9-15/h1-13,20,23H,14H2. The molecule has 0 aliphatic heterocycles. The summed E-state index contributed by atoms with van der Waals surface area (Å²) in [5.74, 6) is 0.117. The minimum absolute atomic E-state index is 0.117. The zero-order valence-electron chi connectivity index (χ0n) is 12.6. The van der Waals surface area contributed by atoms with E-state index >= 15 is 0 Å². The molecular formula is C19H17N3O. The van der Waals surface area contributed by atoms with E-state index in [1.54, 1.807) is 18.2 Å². The van der Waals surface area contributed by atoms with Crippen molar-refractivity contribution in [2.45, 2.75) is 6.54 Å². The van der Waals surface area contributed by atoms with E-state index in [0.29, 0.717) is 12.2 Å². The molecule has 0 atom stereocenters. The number of hydrogen-bond acceptors (Lipinski definition) is 4. The Morgan fingerprint density at radius 1 is 0.696 bits per heavy atom. The minimum atomic E-state index is 0.117. The molecule has 0 unspecified atom stereocenters. The molecule has 3 aromatic rings. The lowest BCUT2D eigenvalue weighted by Crippen LogP contribution is -1.98. The third-order valence-electron chi connectivity index (χ3n) is 3.38. The van der Waals surface area contributed by atoms with Crippen LogP contribution in [0.5, 0.6) is 5.75 Å². The molecule has 0 amide bonds. The number of phenols is 1. The Kier molecular flexibility index (Phi) is 4.64. The van der Waals surface area contributed by atoms with Gasteiger partial charge < -0.3 is 10.4 Å². The average molecular weight is 303 g/mol. The monoisotopic (exact) mass is 303 g/mol. The minimum Gasteiger partial charge on any atom is -0.506 e. The Morgan fingerprint density at radius 3 is 2.09 bits per heavy atom. The van der Waals surface area contributed by atoms with Crippen LogP contribution >= 0.6 is 0 Å². The van der Waals surface area contributed by atoms with Crippen LogP contribution < -0.4 is 5.32 Å². The first kappa shape index (κ1) is 14.8. The molecule has 4 nitrogen and oxygen atoms in total. The van der Waals surface area contributed by atoms with Crippen molar-refractivity contribution in [1.29, 1.82) is 0 Å². The highest BCUT2D eigenvalue weighted by molar-refractivity contribution is 5.65. The first-order valence-corrected chi connectivity index (χ1v) is 7.39. The second-order valence-electron chi connectivity index (χ2n) is 5.05. The number of anilines is 1. The van der Waals surface area contributed by atoms with Crippen LogP contribution in [0.25, 0.3) is 0 Å². The van der Waals surface area contributed by atoms with Crippen LogP contribution in [-0.4, -0.2) is 5.11 Å². The molecule has 0 fully saturated rings. The Balaban J connectivity index is 1.77. The zero-order valence-corrected chi connectivity index (χ0v) is 12.6. The number of benzene rings is 3. The van der Waals surface area contributed by atoms with E-state index in [1.165, 1.54) is 5.56 Å². The van der Waals surface area contributed by atoms with Crippen molar-refractivity contribution in [3.63, 3.8) is 0 Å². The number of aromatic hydroxyl groups is 1. The molecule has 114 valence electrons. The summed E-state index contributed by atoms with van der Waals surface area (Å²) in [5, 5.41) is 21.5. The number of azo groups is 1. The number of para-hydroxylation sites is 2. The molecule has 23 heavy (non-hydrogen) atoms. The van der Waals surface area contributed by atoms with Crippen LogP contribution in [0.2, 0.25) is 0 Å². The molecule has 0 saturated heterocycles. The highest BCUT2D eigenvalue weighted by Gasteiger charge is 2.02. The maximum absolute atomic E-state index is 9.74. The highest BCUT2D eigenvalue weighted by Crippen LogP contribution is 2.30. The summed E-state index contributed by atoms with van der Waals surface area (Å²) >= 11 is 0. The smallest absolute Gasteiger partial charge is 0.143 e. The summed E-state index contributed by atoms with van der Waals surface area (Å²) in [6.07, 6.45) is 0. The van der Waals surface area contributed by atoms with Crippen LogP contribution in [-0.2, 0) is 6.54 Å². The molecule has 0 bridgehead atoms. The van der Waals surface area contributed by atoms with Crippen LogP contribution in [0.1, 0.15) is 5.56 Å². The summed E-state index contributed by atoms with van der Waals surface area (Å²) in [6.45, 7) is 0.712. The SMILES string of the molecule is Oc1ccccc1N=Nc1ccccc1NCc1ccccc1. The van der Waals surface area contributed by atoms with Gasteiger partial charge in [0, 0.05) is 6.54 Å². The summed E-state index contributed by atoms with van der Waals surface area (Å²) in [6, 6.07) is 24.8. The number of hydrogen-bond donors (Lipinski definition) is 2. The van der Waals surface area contributed by atoms with Gasteiger partial charge in [0.05, 0.1) is 5.69 Å². The van der Waals surface area contributed by atoms with Crippen LogP contribution in [0, 0.1) is 0 Å². The number of nitrogens with zero attached hydrogens (tertiary/aromatic N) is 2. The normalized spacial score (nSPS) is 10.8. The number of nitrogens with one attached hydrogen (secondary N) is 1. The lowest BCUT2D eigenvalue weighted by Gasteiger charge is -2.08. The van der Waals surface area contributed by atoms with Crippen LogP contribution in [0.4, 0.5) is 17.1 Å². The Morgan fingerprint density at radius 2 is 1.30 bits per heavy atom. The second kappa shape index (κ2) is 7.22. The van der Waals surface area contributed by atoms with Crippen molar-refractivity contribution in [1.82, 2.24) is 0 Å². The highest BCUT2D eigenvalue weighted by atomic mass is 16.3. The maximum atomic E-state index is 9.74. The molecule has 3 rings (SSSR count). The fraction of sp³-hybridized carbons (Fsp3) is 0.0526. The number of rotatable bonds is 5. The van der Waals surface area contributed by atoms with Gasteiger partial charge in [-0.2, -0.15) is 0 Å². The van der Waals surface area contributed by atoms with E-state index in [0.717, 1.165) is 11.4 Å². The first-order chi connectivity index (χ1) is 11.3. The van der Waals surface area contributed by atoms with Gasteiger partial charge >= 0.3 is 0 Å². The number of phenolic OH excluding ortho intramolecular Hbond substituents is 1. The van der Waals surface area contributed by atoms with Crippen molar-refractivity contribution < 1.29 is 5.11 Å². The van der Waals surface area contributed by atoms with E-state index in [-0.39, 0.29) is 5.75 Å².